The molecule has 24 heavy (non-hydrogen) atoms. The van der Waals surface area contributed by atoms with Gasteiger partial charge in [-0.15, -0.1) is 0 Å². The predicted molar refractivity (Wildman–Crippen MR) is 97.0 cm³/mol. The number of furan rings is 1. The number of halogens is 1. The third-order valence-corrected chi connectivity index (χ3v) is 6.59. The van der Waals surface area contributed by atoms with Crippen LogP contribution in [0.5, 0.6) is 0 Å². The summed E-state index contributed by atoms with van der Waals surface area (Å²) in [6.45, 7) is 2.15. The summed E-state index contributed by atoms with van der Waals surface area (Å²) in [6.07, 6.45) is 3.30. The van der Waals surface area contributed by atoms with Gasteiger partial charge in [0, 0.05) is 41.7 Å². The Morgan fingerprint density at radius 2 is 2.08 bits per heavy atom. The molecule has 0 aliphatic carbocycles. The first kappa shape index (κ1) is 17.8. The van der Waals surface area contributed by atoms with Crippen LogP contribution in [-0.4, -0.2) is 44.5 Å². The first-order valence-corrected chi connectivity index (χ1v) is 10.7. The van der Waals surface area contributed by atoms with Gasteiger partial charge in [0.2, 0.25) is 10.0 Å². The number of nitrogens with one attached hydrogen (secondary N) is 1. The highest BCUT2D eigenvalue weighted by molar-refractivity contribution is 7.99. The molecule has 5 nitrogen and oxygen atoms in total. The first-order valence-electron chi connectivity index (χ1n) is 7.65. The Kier molecular flexibility index (Phi) is 5.89. The fourth-order valence-corrected chi connectivity index (χ4v) is 4.99. The van der Waals surface area contributed by atoms with Crippen LogP contribution in [0.2, 0.25) is 5.02 Å². The van der Waals surface area contributed by atoms with E-state index in [2.05, 4.69) is 9.62 Å². The van der Waals surface area contributed by atoms with Gasteiger partial charge in [0.1, 0.15) is 0 Å². The third-order valence-electron chi connectivity index (χ3n) is 3.99. The van der Waals surface area contributed by atoms with Crippen molar-refractivity contribution in [3.05, 3.63) is 53.4 Å². The lowest BCUT2D eigenvalue weighted by atomic mass is 10.1. The summed E-state index contributed by atoms with van der Waals surface area (Å²) in [7, 11) is -3.60. The zero-order valence-corrected chi connectivity index (χ0v) is 15.4. The van der Waals surface area contributed by atoms with Crippen LogP contribution in [0, 0.1) is 0 Å². The number of nitrogens with zero attached hydrogens (tertiary/aromatic N) is 1. The Hall–Kier alpha value is -0.990. The number of hydrogen-bond donors (Lipinski definition) is 1. The molecule has 130 valence electrons. The molecule has 8 heteroatoms. The van der Waals surface area contributed by atoms with E-state index in [-0.39, 0.29) is 10.9 Å². The third kappa shape index (κ3) is 4.34. The lowest BCUT2D eigenvalue weighted by molar-refractivity contribution is 0.218. The Morgan fingerprint density at radius 1 is 1.29 bits per heavy atom. The smallest absolute Gasteiger partial charge is 0.240 e. The van der Waals surface area contributed by atoms with Crippen LogP contribution in [-0.2, 0) is 10.0 Å². The maximum atomic E-state index is 12.5. The Balaban J connectivity index is 1.75. The van der Waals surface area contributed by atoms with Crippen molar-refractivity contribution in [3.63, 3.8) is 0 Å². The highest BCUT2D eigenvalue weighted by atomic mass is 35.5. The molecule has 1 saturated heterocycles. The molecule has 1 aliphatic rings. The lowest BCUT2D eigenvalue weighted by Crippen LogP contribution is -2.41. The van der Waals surface area contributed by atoms with Gasteiger partial charge in [-0.2, -0.15) is 11.8 Å². The fourth-order valence-electron chi connectivity index (χ4n) is 2.72. The van der Waals surface area contributed by atoms with E-state index in [1.165, 1.54) is 6.07 Å². The highest BCUT2D eigenvalue weighted by Gasteiger charge is 2.25. The Labute approximate surface area is 151 Å². The SMILES string of the molecule is O=S(=O)(NC[C@@H](c1ccoc1)N1CCSCC1)c1cccc(Cl)c1. The molecule has 0 amide bonds. The second-order valence-corrected chi connectivity index (χ2v) is 8.96. The second kappa shape index (κ2) is 7.93. The van der Waals surface area contributed by atoms with Crippen LogP contribution in [0.4, 0.5) is 0 Å². The summed E-state index contributed by atoms with van der Waals surface area (Å²) in [4.78, 5) is 2.47. The number of thioether (sulfide) groups is 1. The molecule has 0 radical (unpaired) electrons. The molecule has 0 saturated carbocycles. The molecular weight excluding hydrogens is 368 g/mol. The molecule has 1 N–H and O–H groups in total. The van der Waals surface area contributed by atoms with Gasteiger partial charge in [-0.25, -0.2) is 13.1 Å². The molecular formula is C16H19ClN2O3S2. The summed E-state index contributed by atoms with van der Waals surface area (Å²) < 4.78 is 33.0. The van der Waals surface area contributed by atoms with Gasteiger partial charge in [0.25, 0.3) is 0 Å². The van der Waals surface area contributed by atoms with Crippen molar-refractivity contribution < 1.29 is 12.8 Å². The van der Waals surface area contributed by atoms with Gasteiger partial charge in [0.05, 0.1) is 23.5 Å². The van der Waals surface area contributed by atoms with Crippen LogP contribution in [0.15, 0.2) is 52.2 Å². The highest BCUT2D eigenvalue weighted by Crippen LogP contribution is 2.25. The van der Waals surface area contributed by atoms with Gasteiger partial charge in [0.15, 0.2) is 0 Å². The fraction of sp³-hybridized carbons (Fsp3) is 0.375. The second-order valence-electron chi connectivity index (χ2n) is 5.53. The summed E-state index contributed by atoms with van der Waals surface area (Å²) >= 11 is 7.82. The zero-order chi connectivity index (χ0) is 17.0. The van der Waals surface area contributed by atoms with Crippen LogP contribution >= 0.6 is 23.4 Å². The van der Waals surface area contributed by atoms with Crippen LogP contribution in [0.1, 0.15) is 11.6 Å². The lowest BCUT2D eigenvalue weighted by Gasteiger charge is -2.33. The molecule has 3 rings (SSSR count). The molecule has 1 atom stereocenters. The van der Waals surface area contributed by atoms with Gasteiger partial charge >= 0.3 is 0 Å². The van der Waals surface area contributed by atoms with E-state index in [0.717, 1.165) is 30.2 Å². The minimum absolute atomic E-state index is 0.0430. The minimum Gasteiger partial charge on any atom is -0.472 e. The van der Waals surface area contributed by atoms with Crippen molar-refractivity contribution in [3.8, 4) is 0 Å². The van der Waals surface area contributed by atoms with Crippen molar-refractivity contribution in [1.29, 1.82) is 0 Å². The van der Waals surface area contributed by atoms with E-state index < -0.39 is 10.0 Å². The van der Waals surface area contributed by atoms with Crippen molar-refractivity contribution >= 4 is 33.4 Å². The van der Waals surface area contributed by atoms with E-state index in [4.69, 9.17) is 16.0 Å². The van der Waals surface area contributed by atoms with E-state index >= 15 is 0 Å². The monoisotopic (exact) mass is 386 g/mol. The number of sulfonamides is 1. The molecule has 2 heterocycles. The number of rotatable bonds is 6. The van der Waals surface area contributed by atoms with E-state index in [9.17, 15) is 8.42 Å². The molecule has 1 aromatic heterocycles. The largest absolute Gasteiger partial charge is 0.472 e. The standard InChI is InChI=1S/C16H19ClN2O3S2/c17-14-2-1-3-15(10-14)24(20,21)18-11-16(13-4-7-22-12-13)19-5-8-23-9-6-19/h1-4,7,10,12,16,18H,5-6,8-9,11H2/t16-/m0/s1. The van der Waals surface area contributed by atoms with Crippen molar-refractivity contribution in [1.82, 2.24) is 9.62 Å². The minimum atomic E-state index is -3.60. The van der Waals surface area contributed by atoms with Crippen LogP contribution in [0.25, 0.3) is 0 Å². The number of hydrogen-bond acceptors (Lipinski definition) is 5. The van der Waals surface area contributed by atoms with Gasteiger partial charge in [-0.3, -0.25) is 4.90 Å². The molecule has 0 bridgehead atoms. The zero-order valence-electron chi connectivity index (χ0n) is 13.0. The summed E-state index contributed by atoms with van der Waals surface area (Å²) in [5, 5.41) is 0.400. The molecule has 0 spiro atoms. The average molecular weight is 387 g/mol. The molecule has 1 fully saturated rings. The quantitative estimate of drug-likeness (QED) is 0.826. The van der Waals surface area contributed by atoms with E-state index in [1.54, 1.807) is 30.7 Å². The Bertz CT molecular complexity index is 759. The Morgan fingerprint density at radius 3 is 2.75 bits per heavy atom. The van der Waals surface area contributed by atoms with Crippen LogP contribution < -0.4 is 4.72 Å². The normalized spacial score (nSPS) is 17.7. The van der Waals surface area contributed by atoms with Crippen molar-refractivity contribution in [2.24, 2.45) is 0 Å². The van der Waals surface area contributed by atoms with Gasteiger partial charge in [-0.05, 0) is 24.3 Å². The van der Waals surface area contributed by atoms with Crippen molar-refractivity contribution in [2.45, 2.75) is 10.9 Å². The molecule has 2 aromatic rings. The van der Waals surface area contributed by atoms with Crippen molar-refractivity contribution in [2.75, 3.05) is 31.1 Å². The average Bonchev–Trinajstić information content (AvgIpc) is 3.10. The van der Waals surface area contributed by atoms with E-state index in [1.807, 2.05) is 17.8 Å². The van der Waals surface area contributed by atoms with Gasteiger partial charge in [-0.1, -0.05) is 17.7 Å². The number of benzene rings is 1. The molecule has 1 aromatic carbocycles. The maximum absolute atomic E-state index is 12.5. The maximum Gasteiger partial charge on any atom is 0.240 e. The topological polar surface area (TPSA) is 62.6 Å². The summed E-state index contributed by atoms with van der Waals surface area (Å²) in [5.41, 5.74) is 0.982. The van der Waals surface area contributed by atoms with Crippen LogP contribution in [0.3, 0.4) is 0 Å². The molecule has 1 aliphatic heterocycles. The summed E-state index contributed by atoms with van der Waals surface area (Å²) in [5.74, 6) is 2.10. The molecule has 0 unspecified atom stereocenters. The predicted octanol–water partition coefficient (Wildman–Crippen LogP) is 3.00. The van der Waals surface area contributed by atoms with E-state index in [0.29, 0.717) is 11.6 Å². The van der Waals surface area contributed by atoms with Gasteiger partial charge < -0.3 is 4.42 Å². The first-order chi connectivity index (χ1) is 11.6. The summed E-state index contributed by atoms with van der Waals surface area (Å²) in [6, 6.07) is 8.12.